The number of nitrogens with one attached hydrogen (secondary N) is 1. The molecule has 2 rings (SSSR count). The molecule has 0 aliphatic carbocycles. The van der Waals surface area contributed by atoms with E-state index in [1.54, 1.807) is 12.1 Å². The van der Waals surface area contributed by atoms with Crippen molar-refractivity contribution < 1.29 is 18.3 Å². The Labute approximate surface area is 142 Å². The number of carbonyl (C=O) groups is 1. The van der Waals surface area contributed by atoms with Crippen LogP contribution >= 0.6 is 0 Å². The number of likely N-dealkylation sites (tertiary alicyclic amines) is 1. The molecule has 6 heteroatoms. The third kappa shape index (κ3) is 7.25. The molecule has 1 fully saturated rings. The van der Waals surface area contributed by atoms with Crippen molar-refractivity contribution in [1.82, 2.24) is 10.2 Å². The molecular weight excluding hydrogens is 314 g/mol. The zero-order chi connectivity index (χ0) is 17.2. The molecule has 0 bridgehead atoms. The quantitative estimate of drug-likeness (QED) is 0.739. The van der Waals surface area contributed by atoms with Gasteiger partial charge in [0.1, 0.15) is 5.75 Å². The normalized spacial score (nSPS) is 16.0. The van der Waals surface area contributed by atoms with Crippen molar-refractivity contribution in [2.75, 3.05) is 26.2 Å². The number of amides is 1. The molecule has 134 valence electrons. The maximum Gasteiger partial charge on any atom is 0.387 e. The van der Waals surface area contributed by atoms with E-state index in [0.29, 0.717) is 6.54 Å². The molecule has 0 spiro atoms. The zero-order valence-electron chi connectivity index (χ0n) is 14.0. The summed E-state index contributed by atoms with van der Waals surface area (Å²) in [4.78, 5) is 14.4. The van der Waals surface area contributed by atoms with Crippen LogP contribution in [0.3, 0.4) is 0 Å². The second-order valence-electron chi connectivity index (χ2n) is 6.16. The van der Waals surface area contributed by atoms with Gasteiger partial charge in [-0.15, -0.1) is 0 Å². The maximum atomic E-state index is 12.1. The standard InChI is InChI=1S/C18H26F2N2O2/c19-18(20)24-16-8-6-15(7-9-16)14-17(23)21-10-5-13-22-11-3-1-2-4-12-22/h6-9,18H,1-5,10-14H2,(H,21,23). The van der Waals surface area contributed by atoms with Crippen molar-refractivity contribution in [2.45, 2.75) is 45.1 Å². The molecule has 1 aromatic rings. The largest absolute Gasteiger partial charge is 0.435 e. The minimum absolute atomic E-state index is 0.0478. The minimum Gasteiger partial charge on any atom is -0.435 e. The number of hydrogen-bond donors (Lipinski definition) is 1. The van der Waals surface area contributed by atoms with E-state index in [-0.39, 0.29) is 18.1 Å². The van der Waals surface area contributed by atoms with Gasteiger partial charge >= 0.3 is 6.61 Å². The fraction of sp³-hybridized carbons (Fsp3) is 0.611. The van der Waals surface area contributed by atoms with Gasteiger partial charge in [-0.3, -0.25) is 4.79 Å². The molecule has 1 aliphatic heterocycles. The molecule has 0 saturated carbocycles. The lowest BCUT2D eigenvalue weighted by Gasteiger charge is -2.19. The molecule has 1 amide bonds. The summed E-state index contributed by atoms with van der Waals surface area (Å²) in [5, 5.41) is 2.92. The lowest BCUT2D eigenvalue weighted by Crippen LogP contribution is -2.31. The van der Waals surface area contributed by atoms with Crippen LogP contribution in [-0.2, 0) is 11.2 Å². The first-order valence-corrected chi connectivity index (χ1v) is 8.66. The average molecular weight is 340 g/mol. The fourth-order valence-electron chi connectivity index (χ4n) is 2.93. The Bertz CT molecular complexity index is 486. The molecule has 4 nitrogen and oxygen atoms in total. The Morgan fingerprint density at radius 3 is 2.42 bits per heavy atom. The van der Waals surface area contributed by atoms with Gasteiger partial charge in [0.2, 0.25) is 5.91 Å². The number of carbonyl (C=O) groups excluding carboxylic acids is 1. The lowest BCUT2D eigenvalue weighted by atomic mass is 10.1. The van der Waals surface area contributed by atoms with Crippen LogP contribution in [0.15, 0.2) is 24.3 Å². The number of nitrogens with zero attached hydrogens (tertiary/aromatic N) is 1. The summed E-state index contributed by atoms with van der Waals surface area (Å²) in [6.07, 6.45) is 6.41. The van der Waals surface area contributed by atoms with E-state index < -0.39 is 6.61 Å². The molecule has 1 aromatic carbocycles. The van der Waals surface area contributed by atoms with E-state index in [1.807, 2.05) is 0 Å². The summed E-state index contributed by atoms with van der Waals surface area (Å²) in [5.74, 6) is 0.0556. The van der Waals surface area contributed by atoms with E-state index in [1.165, 1.54) is 50.9 Å². The van der Waals surface area contributed by atoms with Crippen LogP contribution in [-0.4, -0.2) is 43.6 Å². The number of benzene rings is 1. The second-order valence-corrected chi connectivity index (χ2v) is 6.16. The minimum atomic E-state index is -2.83. The molecule has 24 heavy (non-hydrogen) atoms. The molecule has 0 aromatic heterocycles. The molecule has 1 aliphatic rings. The topological polar surface area (TPSA) is 41.6 Å². The summed E-state index contributed by atoms with van der Waals surface area (Å²) < 4.78 is 28.4. The second kappa shape index (κ2) is 10.2. The molecule has 1 N–H and O–H groups in total. The predicted molar refractivity (Wildman–Crippen MR) is 89.3 cm³/mol. The van der Waals surface area contributed by atoms with Gasteiger partial charge in [-0.05, 0) is 56.6 Å². The highest BCUT2D eigenvalue weighted by atomic mass is 19.3. The van der Waals surface area contributed by atoms with Gasteiger partial charge in [0, 0.05) is 6.54 Å². The van der Waals surface area contributed by atoms with Crippen LogP contribution in [0.2, 0.25) is 0 Å². The van der Waals surface area contributed by atoms with Crippen molar-refractivity contribution in [3.63, 3.8) is 0 Å². The van der Waals surface area contributed by atoms with Crippen LogP contribution in [0.4, 0.5) is 8.78 Å². The molecule has 0 atom stereocenters. The van der Waals surface area contributed by atoms with Crippen molar-refractivity contribution >= 4 is 5.91 Å². The van der Waals surface area contributed by atoms with Crippen LogP contribution in [0.5, 0.6) is 5.75 Å². The van der Waals surface area contributed by atoms with E-state index in [0.717, 1.165) is 18.5 Å². The number of halogens is 2. The molecule has 0 unspecified atom stereocenters. The van der Waals surface area contributed by atoms with Crippen LogP contribution in [0, 0.1) is 0 Å². The smallest absolute Gasteiger partial charge is 0.387 e. The molecule has 0 radical (unpaired) electrons. The monoisotopic (exact) mass is 340 g/mol. The third-order valence-corrected chi connectivity index (χ3v) is 4.19. The van der Waals surface area contributed by atoms with Gasteiger partial charge in [-0.25, -0.2) is 0 Å². The molecule has 1 saturated heterocycles. The average Bonchev–Trinajstić information content (AvgIpc) is 2.82. The SMILES string of the molecule is O=C(Cc1ccc(OC(F)F)cc1)NCCCN1CCCCCC1. The number of hydrogen-bond acceptors (Lipinski definition) is 3. The first-order chi connectivity index (χ1) is 11.6. The first-order valence-electron chi connectivity index (χ1n) is 8.66. The Hall–Kier alpha value is -1.69. The van der Waals surface area contributed by atoms with Crippen molar-refractivity contribution in [3.8, 4) is 5.75 Å². The summed E-state index contributed by atoms with van der Waals surface area (Å²) in [5.41, 5.74) is 0.779. The van der Waals surface area contributed by atoms with E-state index in [2.05, 4.69) is 15.0 Å². The van der Waals surface area contributed by atoms with Gasteiger partial charge in [0.25, 0.3) is 0 Å². The fourth-order valence-corrected chi connectivity index (χ4v) is 2.93. The Morgan fingerprint density at radius 1 is 1.12 bits per heavy atom. The summed E-state index contributed by atoms with van der Waals surface area (Å²) in [6, 6.07) is 6.17. The van der Waals surface area contributed by atoms with Crippen molar-refractivity contribution in [3.05, 3.63) is 29.8 Å². The third-order valence-electron chi connectivity index (χ3n) is 4.19. The predicted octanol–water partition coefficient (Wildman–Crippen LogP) is 3.21. The Morgan fingerprint density at radius 2 is 1.79 bits per heavy atom. The van der Waals surface area contributed by atoms with Gasteiger partial charge in [0.05, 0.1) is 6.42 Å². The zero-order valence-corrected chi connectivity index (χ0v) is 14.0. The number of alkyl halides is 2. The van der Waals surface area contributed by atoms with Crippen LogP contribution < -0.4 is 10.1 Å². The van der Waals surface area contributed by atoms with E-state index in [9.17, 15) is 13.6 Å². The van der Waals surface area contributed by atoms with Crippen LogP contribution in [0.1, 0.15) is 37.7 Å². The highest BCUT2D eigenvalue weighted by molar-refractivity contribution is 5.78. The summed E-state index contributed by atoms with van der Waals surface area (Å²) in [7, 11) is 0. The van der Waals surface area contributed by atoms with E-state index >= 15 is 0 Å². The Kier molecular flexibility index (Phi) is 7.95. The van der Waals surface area contributed by atoms with Crippen molar-refractivity contribution in [2.24, 2.45) is 0 Å². The van der Waals surface area contributed by atoms with Crippen molar-refractivity contribution in [1.29, 1.82) is 0 Å². The molecular formula is C18H26F2N2O2. The van der Waals surface area contributed by atoms with E-state index in [4.69, 9.17) is 0 Å². The number of rotatable bonds is 8. The van der Waals surface area contributed by atoms with Gasteiger partial charge in [0.15, 0.2) is 0 Å². The first kappa shape index (κ1) is 18.6. The maximum absolute atomic E-state index is 12.1. The lowest BCUT2D eigenvalue weighted by molar-refractivity contribution is -0.120. The highest BCUT2D eigenvalue weighted by Gasteiger charge is 2.09. The Balaban J connectivity index is 1.62. The molecule has 1 heterocycles. The van der Waals surface area contributed by atoms with Gasteiger partial charge in [-0.2, -0.15) is 8.78 Å². The highest BCUT2D eigenvalue weighted by Crippen LogP contribution is 2.15. The summed E-state index contributed by atoms with van der Waals surface area (Å²) >= 11 is 0. The summed E-state index contributed by atoms with van der Waals surface area (Å²) in [6.45, 7) is 1.20. The van der Waals surface area contributed by atoms with Gasteiger partial charge < -0.3 is 15.0 Å². The van der Waals surface area contributed by atoms with Gasteiger partial charge in [-0.1, -0.05) is 25.0 Å². The van der Waals surface area contributed by atoms with Crippen LogP contribution in [0.25, 0.3) is 0 Å². The number of ether oxygens (including phenoxy) is 1.